The van der Waals surface area contributed by atoms with Crippen molar-refractivity contribution < 1.29 is 9.53 Å². The van der Waals surface area contributed by atoms with Crippen LogP contribution in [0.25, 0.3) is 0 Å². The molecular formula is C20H27N3O2. The number of anilines is 1. The fourth-order valence-electron chi connectivity index (χ4n) is 2.65. The van der Waals surface area contributed by atoms with Crippen molar-refractivity contribution >= 4 is 11.7 Å². The first kappa shape index (κ1) is 18.8. The molecule has 0 fully saturated rings. The van der Waals surface area contributed by atoms with Crippen LogP contribution in [0.5, 0.6) is 5.75 Å². The zero-order chi connectivity index (χ0) is 18.1. The fourth-order valence-corrected chi connectivity index (χ4v) is 2.65. The predicted octanol–water partition coefficient (Wildman–Crippen LogP) is 3.38. The Bertz CT molecular complexity index is 642. The summed E-state index contributed by atoms with van der Waals surface area (Å²) in [6, 6.07) is 17.4. The van der Waals surface area contributed by atoms with Gasteiger partial charge in [0.15, 0.2) is 0 Å². The highest BCUT2D eigenvalue weighted by molar-refractivity contribution is 5.89. The standard InChI is InChI=1S/C20H27N3O2/c1-4-25-19-12-10-17(11-13-19)21-20(24)22-18(15-23(2)3)14-16-8-6-5-7-9-16/h5-13,18H,4,14-15H2,1-3H3,(H2,21,22,24). The number of nitrogens with one attached hydrogen (secondary N) is 2. The summed E-state index contributed by atoms with van der Waals surface area (Å²) in [5.74, 6) is 0.794. The van der Waals surface area contributed by atoms with Gasteiger partial charge in [0, 0.05) is 18.3 Å². The van der Waals surface area contributed by atoms with Gasteiger partial charge in [0.05, 0.1) is 6.61 Å². The van der Waals surface area contributed by atoms with Crippen LogP contribution in [-0.2, 0) is 6.42 Å². The van der Waals surface area contributed by atoms with Gasteiger partial charge in [0.1, 0.15) is 5.75 Å². The van der Waals surface area contributed by atoms with Gasteiger partial charge in [-0.1, -0.05) is 30.3 Å². The molecule has 0 aliphatic heterocycles. The molecule has 2 rings (SSSR count). The highest BCUT2D eigenvalue weighted by Crippen LogP contribution is 2.15. The van der Waals surface area contributed by atoms with Crippen molar-refractivity contribution in [1.29, 1.82) is 0 Å². The second-order valence-electron chi connectivity index (χ2n) is 6.20. The minimum Gasteiger partial charge on any atom is -0.494 e. The molecular weight excluding hydrogens is 314 g/mol. The lowest BCUT2D eigenvalue weighted by atomic mass is 10.1. The number of urea groups is 1. The number of hydrogen-bond donors (Lipinski definition) is 2. The average molecular weight is 341 g/mol. The Balaban J connectivity index is 1.93. The van der Waals surface area contributed by atoms with Crippen molar-refractivity contribution in [1.82, 2.24) is 10.2 Å². The maximum Gasteiger partial charge on any atom is 0.319 e. The Morgan fingerprint density at radius 1 is 1.08 bits per heavy atom. The molecule has 0 aromatic heterocycles. The largest absolute Gasteiger partial charge is 0.494 e. The van der Waals surface area contributed by atoms with E-state index in [1.165, 1.54) is 5.56 Å². The average Bonchev–Trinajstić information content (AvgIpc) is 2.57. The number of ether oxygens (including phenoxy) is 1. The summed E-state index contributed by atoms with van der Waals surface area (Å²) < 4.78 is 5.41. The van der Waals surface area contributed by atoms with Gasteiger partial charge in [0.25, 0.3) is 0 Å². The van der Waals surface area contributed by atoms with Crippen LogP contribution in [0.3, 0.4) is 0 Å². The van der Waals surface area contributed by atoms with Crippen molar-refractivity contribution in [3.05, 3.63) is 60.2 Å². The molecule has 0 bridgehead atoms. The third kappa shape index (κ3) is 6.85. The monoisotopic (exact) mass is 341 g/mol. The molecule has 0 saturated heterocycles. The third-order valence-corrected chi connectivity index (χ3v) is 3.67. The normalized spacial score (nSPS) is 11.8. The highest BCUT2D eigenvalue weighted by atomic mass is 16.5. The van der Waals surface area contributed by atoms with E-state index in [0.717, 1.165) is 24.4 Å². The quantitative estimate of drug-likeness (QED) is 0.774. The molecule has 0 aliphatic rings. The summed E-state index contributed by atoms with van der Waals surface area (Å²) in [7, 11) is 4.01. The van der Waals surface area contributed by atoms with E-state index in [-0.39, 0.29) is 12.1 Å². The van der Waals surface area contributed by atoms with Crippen LogP contribution < -0.4 is 15.4 Å². The first-order valence-corrected chi connectivity index (χ1v) is 8.56. The van der Waals surface area contributed by atoms with Crippen LogP contribution in [0, 0.1) is 0 Å². The molecule has 134 valence electrons. The van der Waals surface area contributed by atoms with Gasteiger partial charge in [-0.2, -0.15) is 0 Å². The zero-order valence-electron chi connectivity index (χ0n) is 15.2. The topological polar surface area (TPSA) is 53.6 Å². The van der Waals surface area contributed by atoms with Crippen molar-refractivity contribution in [3.63, 3.8) is 0 Å². The van der Waals surface area contributed by atoms with E-state index in [9.17, 15) is 4.79 Å². The van der Waals surface area contributed by atoms with E-state index < -0.39 is 0 Å². The van der Waals surface area contributed by atoms with Crippen LogP contribution in [0.4, 0.5) is 10.5 Å². The lowest BCUT2D eigenvalue weighted by Gasteiger charge is -2.23. The second kappa shape index (κ2) is 9.69. The number of nitrogens with zero attached hydrogens (tertiary/aromatic N) is 1. The first-order chi connectivity index (χ1) is 12.1. The van der Waals surface area contributed by atoms with Gasteiger partial charge in [-0.25, -0.2) is 4.79 Å². The Kier molecular flexibility index (Phi) is 7.29. The minimum absolute atomic E-state index is 0.0279. The molecule has 0 heterocycles. The van der Waals surface area contributed by atoms with Gasteiger partial charge in [-0.05, 0) is 57.3 Å². The summed E-state index contributed by atoms with van der Waals surface area (Å²) >= 11 is 0. The lowest BCUT2D eigenvalue weighted by Crippen LogP contribution is -2.44. The number of likely N-dealkylation sites (N-methyl/N-ethyl adjacent to an activating group) is 1. The lowest BCUT2D eigenvalue weighted by molar-refractivity contribution is 0.244. The number of carbonyl (C=O) groups is 1. The van der Waals surface area contributed by atoms with Crippen LogP contribution >= 0.6 is 0 Å². The molecule has 5 nitrogen and oxygen atoms in total. The van der Waals surface area contributed by atoms with E-state index in [1.807, 2.05) is 63.5 Å². The highest BCUT2D eigenvalue weighted by Gasteiger charge is 2.14. The molecule has 0 spiro atoms. The van der Waals surface area contributed by atoms with Gasteiger partial charge < -0.3 is 20.3 Å². The molecule has 25 heavy (non-hydrogen) atoms. The summed E-state index contributed by atoms with van der Waals surface area (Å²) in [4.78, 5) is 14.4. The molecule has 1 atom stereocenters. The van der Waals surface area contributed by atoms with Crippen molar-refractivity contribution in [3.8, 4) is 5.75 Å². The molecule has 2 aromatic rings. The Hall–Kier alpha value is -2.53. The second-order valence-corrected chi connectivity index (χ2v) is 6.20. The number of amides is 2. The number of benzene rings is 2. The van der Waals surface area contributed by atoms with Crippen LogP contribution in [0.1, 0.15) is 12.5 Å². The molecule has 2 aromatic carbocycles. The van der Waals surface area contributed by atoms with Crippen LogP contribution in [0.15, 0.2) is 54.6 Å². The SMILES string of the molecule is CCOc1ccc(NC(=O)NC(Cc2ccccc2)CN(C)C)cc1. The van der Waals surface area contributed by atoms with E-state index >= 15 is 0 Å². The van der Waals surface area contributed by atoms with Gasteiger partial charge >= 0.3 is 6.03 Å². The summed E-state index contributed by atoms with van der Waals surface area (Å²) in [6.45, 7) is 3.34. The molecule has 1 unspecified atom stereocenters. The van der Waals surface area contributed by atoms with E-state index in [1.54, 1.807) is 0 Å². The molecule has 2 amide bonds. The fraction of sp³-hybridized carbons (Fsp3) is 0.350. The van der Waals surface area contributed by atoms with E-state index in [2.05, 4.69) is 27.7 Å². The molecule has 0 aliphatic carbocycles. The van der Waals surface area contributed by atoms with Crippen molar-refractivity contribution in [2.24, 2.45) is 0 Å². The maximum atomic E-state index is 12.3. The molecule has 5 heteroatoms. The third-order valence-electron chi connectivity index (χ3n) is 3.67. The van der Waals surface area contributed by atoms with Gasteiger partial charge in [-0.3, -0.25) is 0 Å². The van der Waals surface area contributed by atoms with Crippen molar-refractivity contribution in [2.45, 2.75) is 19.4 Å². The number of carbonyl (C=O) groups excluding carboxylic acids is 1. The first-order valence-electron chi connectivity index (χ1n) is 8.56. The van der Waals surface area contributed by atoms with Gasteiger partial charge in [0.2, 0.25) is 0 Å². The predicted molar refractivity (Wildman–Crippen MR) is 102 cm³/mol. The smallest absolute Gasteiger partial charge is 0.319 e. The van der Waals surface area contributed by atoms with Crippen LogP contribution in [-0.4, -0.2) is 44.2 Å². The van der Waals surface area contributed by atoms with Crippen molar-refractivity contribution in [2.75, 3.05) is 32.6 Å². The van der Waals surface area contributed by atoms with E-state index in [0.29, 0.717) is 6.61 Å². The Labute approximate surface area is 150 Å². The number of hydrogen-bond acceptors (Lipinski definition) is 3. The summed E-state index contributed by atoms with van der Waals surface area (Å²) in [5.41, 5.74) is 1.94. The Morgan fingerprint density at radius 3 is 2.36 bits per heavy atom. The van der Waals surface area contributed by atoms with Gasteiger partial charge in [-0.15, -0.1) is 0 Å². The number of rotatable bonds is 8. The molecule has 2 N–H and O–H groups in total. The molecule has 0 radical (unpaired) electrons. The Morgan fingerprint density at radius 2 is 1.76 bits per heavy atom. The minimum atomic E-state index is -0.202. The maximum absolute atomic E-state index is 12.3. The molecule has 0 saturated carbocycles. The summed E-state index contributed by atoms with van der Waals surface area (Å²) in [5, 5.41) is 5.94. The van der Waals surface area contributed by atoms with E-state index in [4.69, 9.17) is 4.74 Å². The van der Waals surface area contributed by atoms with Crippen LogP contribution in [0.2, 0.25) is 0 Å². The zero-order valence-corrected chi connectivity index (χ0v) is 15.2. The summed E-state index contributed by atoms with van der Waals surface area (Å²) in [6.07, 6.45) is 0.787.